The Hall–Kier alpha value is -0.860. The molecule has 2 N–H and O–H groups in total. The maximum atomic E-state index is 6.29. The van der Waals surface area contributed by atoms with Gasteiger partial charge in [0.1, 0.15) is 0 Å². The Morgan fingerprint density at radius 3 is 2.59 bits per heavy atom. The van der Waals surface area contributed by atoms with Crippen LogP contribution in [0.2, 0.25) is 0 Å². The Morgan fingerprint density at radius 1 is 1.35 bits per heavy atom. The summed E-state index contributed by atoms with van der Waals surface area (Å²) in [6.45, 7) is 4.21. The van der Waals surface area contributed by atoms with Crippen molar-refractivity contribution < 1.29 is 4.74 Å². The molecule has 0 aliphatic heterocycles. The molecule has 2 nitrogen and oxygen atoms in total. The first-order valence-corrected chi connectivity index (χ1v) is 6.39. The molecule has 0 amide bonds. The lowest BCUT2D eigenvalue weighted by atomic mass is 9.94. The second-order valence-corrected chi connectivity index (χ2v) is 5.75. The van der Waals surface area contributed by atoms with Gasteiger partial charge in [-0.3, -0.25) is 0 Å². The third-order valence-electron chi connectivity index (χ3n) is 3.90. The lowest BCUT2D eigenvalue weighted by Gasteiger charge is -2.26. The first-order valence-electron chi connectivity index (χ1n) is 6.39. The van der Waals surface area contributed by atoms with Crippen molar-refractivity contribution in [3.8, 4) is 0 Å². The third-order valence-corrected chi connectivity index (χ3v) is 3.90. The van der Waals surface area contributed by atoms with Crippen LogP contribution in [0.5, 0.6) is 0 Å². The molecule has 1 aliphatic carbocycles. The molecule has 1 aromatic carbocycles. The van der Waals surface area contributed by atoms with Gasteiger partial charge in [0.05, 0.1) is 5.60 Å². The summed E-state index contributed by atoms with van der Waals surface area (Å²) in [6.07, 6.45) is 2.16. The van der Waals surface area contributed by atoms with E-state index in [1.165, 1.54) is 12.0 Å². The summed E-state index contributed by atoms with van der Waals surface area (Å²) in [4.78, 5) is 0. The summed E-state index contributed by atoms with van der Waals surface area (Å²) >= 11 is 0. The van der Waals surface area contributed by atoms with Crippen LogP contribution >= 0.6 is 0 Å². The Labute approximate surface area is 104 Å². The van der Waals surface area contributed by atoms with Gasteiger partial charge in [-0.1, -0.05) is 30.3 Å². The second-order valence-electron chi connectivity index (χ2n) is 5.75. The van der Waals surface area contributed by atoms with Gasteiger partial charge in [0.15, 0.2) is 0 Å². The van der Waals surface area contributed by atoms with Crippen LogP contribution in [-0.2, 0) is 4.74 Å². The lowest BCUT2D eigenvalue weighted by molar-refractivity contribution is 0.00840. The summed E-state index contributed by atoms with van der Waals surface area (Å²) in [6, 6.07) is 10.9. The van der Waals surface area contributed by atoms with E-state index in [0.717, 1.165) is 6.42 Å². The summed E-state index contributed by atoms with van der Waals surface area (Å²) in [7, 11) is 1.76. The fourth-order valence-electron chi connectivity index (χ4n) is 2.57. The first kappa shape index (κ1) is 12.6. The molecule has 0 aromatic heterocycles. The van der Waals surface area contributed by atoms with Crippen molar-refractivity contribution in [1.29, 1.82) is 0 Å². The molecule has 94 valence electrons. The van der Waals surface area contributed by atoms with Crippen LogP contribution in [0.4, 0.5) is 0 Å². The largest absolute Gasteiger partial charge is 0.379 e. The first-order chi connectivity index (χ1) is 8.03. The van der Waals surface area contributed by atoms with Crippen LogP contribution in [0.1, 0.15) is 38.2 Å². The van der Waals surface area contributed by atoms with Gasteiger partial charge >= 0.3 is 0 Å². The highest BCUT2D eigenvalue weighted by atomic mass is 16.5. The Kier molecular flexibility index (Phi) is 3.55. The molecule has 1 aromatic rings. The van der Waals surface area contributed by atoms with E-state index < -0.39 is 0 Å². The minimum absolute atomic E-state index is 0.108. The van der Waals surface area contributed by atoms with Crippen molar-refractivity contribution in [2.24, 2.45) is 11.7 Å². The second kappa shape index (κ2) is 4.79. The van der Waals surface area contributed by atoms with Crippen LogP contribution in [0, 0.1) is 5.92 Å². The minimum atomic E-state index is -0.108. The molecule has 3 atom stereocenters. The smallest absolute Gasteiger partial charge is 0.0637 e. The number of hydrogen-bond donors (Lipinski definition) is 1. The number of rotatable bonds is 5. The van der Waals surface area contributed by atoms with E-state index in [4.69, 9.17) is 10.5 Å². The van der Waals surface area contributed by atoms with E-state index in [9.17, 15) is 0 Å². The molecular weight excluding hydrogens is 210 g/mol. The van der Waals surface area contributed by atoms with Gasteiger partial charge in [-0.05, 0) is 44.1 Å². The quantitative estimate of drug-likeness (QED) is 0.848. The zero-order chi connectivity index (χ0) is 12.5. The Bertz CT molecular complexity index is 360. The van der Waals surface area contributed by atoms with Gasteiger partial charge in [-0.25, -0.2) is 0 Å². The highest BCUT2D eigenvalue weighted by Gasteiger charge is 2.43. The monoisotopic (exact) mass is 233 g/mol. The van der Waals surface area contributed by atoms with Gasteiger partial charge in [0.2, 0.25) is 0 Å². The molecule has 0 heterocycles. The molecule has 0 radical (unpaired) electrons. The number of hydrogen-bond acceptors (Lipinski definition) is 2. The van der Waals surface area contributed by atoms with Crippen molar-refractivity contribution in [1.82, 2.24) is 0 Å². The minimum Gasteiger partial charge on any atom is -0.379 e. The molecule has 0 saturated heterocycles. The molecule has 0 spiro atoms. The lowest BCUT2D eigenvalue weighted by Crippen LogP contribution is -2.35. The SMILES string of the molecule is COC(C)(C)CC(N)C1CC1c1ccccc1. The third kappa shape index (κ3) is 3.08. The number of ether oxygens (including phenoxy) is 1. The van der Waals surface area contributed by atoms with Gasteiger partial charge < -0.3 is 10.5 Å². The maximum Gasteiger partial charge on any atom is 0.0637 e. The molecule has 2 rings (SSSR count). The molecule has 3 unspecified atom stereocenters. The predicted molar refractivity (Wildman–Crippen MR) is 71.0 cm³/mol. The van der Waals surface area contributed by atoms with Crippen molar-refractivity contribution >= 4 is 0 Å². The fraction of sp³-hybridized carbons (Fsp3) is 0.600. The van der Waals surface area contributed by atoms with Crippen molar-refractivity contribution in [2.75, 3.05) is 7.11 Å². The highest BCUT2D eigenvalue weighted by Crippen LogP contribution is 2.50. The average molecular weight is 233 g/mol. The number of nitrogens with two attached hydrogens (primary N) is 1. The van der Waals surface area contributed by atoms with E-state index in [2.05, 4.69) is 44.2 Å². The Balaban J connectivity index is 1.91. The average Bonchev–Trinajstić information content (AvgIpc) is 3.10. The molecule has 1 saturated carbocycles. The van der Waals surface area contributed by atoms with Gasteiger partial charge in [0.25, 0.3) is 0 Å². The molecule has 0 bridgehead atoms. The zero-order valence-corrected chi connectivity index (χ0v) is 11.0. The molecular formula is C15H23NO. The van der Waals surface area contributed by atoms with Crippen molar-refractivity contribution in [3.63, 3.8) is 0 Å². The van der Waals surface area contributed by atoms with E-state index in [1.807, 2.05) is 0 Å². The van der Waals surface area contributed by atoms with Crippen molar-refractivity contribution in [2.45, 2.75) is 44.2 Å². The van der Waals surface area contributed by atoms with Crippen LogP contribution in [0.25, 0.3) is 0 Å². The maximum absolute atomic E-state index is 6.29. The topological polar surface area (TPSA) is 35.2 Å². The summed E-state index contributed by atoms with van der Waals surface area (Å²) in [5.41, 5.74) is 7.61. The van der Waals surface area contributed by atoms with Gasteiger partial charge in [-0.2, -0.15) is 0 Å². The van der Waals surface area contributed by atoms with Gasteiger partial charge in [-0.15, -0.1) is 0 Å². The molecule has 1 aliphatic rings. The summed E-state index contributed by atoms with van der Waals surface area (Å²) in [5.74, 6) is 1.30. The van der Waals surface area contributed by atoms with Gasteiger partial charge in [0, 0.05) is 13.2 Å². The standard InChI is InChI=1S/C15H23NO/c1-15(2,17-3)10-14(16)13-9-12(13)11-7-5-4-6-8-11/h4-8,12-14H,9-10,16H2,1-3H3. The van der Waals surface area contributed by atoms with E-state index in [-0.39, 0.29) is 11.6 Å². The molecule has 17 heavy (non-hydrogen) atoms. The zero-order valence-electron chi connectivity index (χ0n) is 11.0. The van der Waals surface area contributed by atoms with E-state index in [0.29, 0.717) is 11.8 Å². The van der Waals surface area contributed by atoms with E-state index >= 15 is 0 Å². The normalized spacial score (nSPS) is 25.6. The number of benzene rings is 1. The van der Waals surface area contributed by atoms with Crippen molar-refractivity contribution in [3.05, 3.63) is 35.9 Å². The van der Waals surface area contributed by atoms with E-state index in [1.54, 1.807) is 7.11 Å². The van der Waals surface area contributed by atoms with Crippen LogP contribution in [0.15, 0.2) is 30.3 Å². The Morgan fingerprint density at radius 2 is 2.00 bits per heavy atom. The summed E-state index contributed by atoms with van der Waals surface area (Å²) < 4.78 is 5.45. The number of methoxy groups -OCH3 is 1. The molecule has 2 heteroatoms. The predicted octanol–water partition coefficient (Wildman–Crippen LogP) is 2.93. The van der Waals surface area contributed by atoms with Crippen LogP contribution in [0.3, 0.4) is 0 Å². The fourth-order valence-corrected chi connectivity index (χ4v) is 2.57. The summed E-state index contributed by atoms with van der Waals surface area (Å²) in [5, 5.41) is 0. The van der Waals surface area contributed by atoms with Crippen LogP contribution in [-0.4, -0.2) is 18.8 Å². The highest BCUT2D eigenvalue weighted by molar-refractivity contribution is 5.26. The van der Waals surface area contributed by atoms with Crippen LogP contribution < -0.4 is 5.73 Å². The molecule has 1 fully saturated rings.